The van der Waals surface area contributed by atoms with E-state index in [1.165, 1.54) is 39.3 Å². The molecule has 0 radical (unpaired) electrons. The summed E-state index contributed by atoms with van der Waals surface area (Å²) in [6, 6.07) is 21.7. The quantitative estimate of drug-likeness (QED) is 0.287. The third-order valence-corrected chi connectivity index (χ3v) is 4.13. The summed E-state index contributed by atoms with van der Waals surface area (Å²) in [5.41, 5.74) is 8.93. The first-order chi connectivity index (χ1) is 12.6. The van der Waals surface area contributed by atoms with Gasteiger partial charge in [0.1, 0.15) is 0 Å². The van der Waals surface area contributed by atoms with Gasteiger partial charge in [-0.05, 0) is 31.0 Å². The van der Waals surface area contributed by atoms with Gasteiger partial charge in [-0.1, -0.05) is 42.0 Å². The predicted octanol–water partition coefficient (Wildman–Crippen LogP) is 6.16. The number of hydrogen-bond acceptors (Lipinski definition) is 0. The Balaban J connectivity index is 0.000000465. The highest BCUT2D eigenvalue weighted by Crippen LogP contribution is 2.21. The maximum absolute atomic E-state index is 9.75. The van der Waals surface area contributed by atoms with Crippen LogP contribution in [0.5, 0.6) is 0 Å². The highest BCUT2D eigenvalue weighted by atomic mass is 19.5. The van der Waals surface area contributed by atoms with Gasteiger partial charge in [0.05, 0.1) is 0 Å². The highest BCUT2D eigenvalue weighted by Gasteiger charge is 2.20. The maximum Gasteiger partial charge on any atom is 0.673 e. The topological polar surface area (TPSA) is 3.88 Å². The summed E-state index contributed by atoms with van der Waals surface area (Å²) in [5.74, 6) is 0. The van der Waals surface area contributed by atoms with Crippen LogP contribution in [0.25, 0.3) is 16.8 Å². The molecule has 0 amide bonds. The van der Waals surface area contributed by atoms with Crippen molar-refractivity contribution in [3.05, 3.63) is 83.2 Å². The minimum absolute atomic E-state index is 1.26. The number of rotatable bonds is 2. The van der Waals surface area contributed by atoms with Crippen molar-refractivity contribution in [2.45, 2.75) is 27.7 Å². The molecule has 0 aliphatic rings. The van der Waals surface area contributed by atoms with E-state index in [1.54, 1.807) is 0 Å². The van der Waals surface area contributed by atoms with Gasteiger partial charge in [0.25, 0.3) is 0 Å². The Kier molecular flexibility index (Phi) is 6.42. The molecule has 6 heteroatoms. The fourth-order valence-electron chi connectivity index (χ4n) is 3.13. The van der Waals surface area contributed by atoms with E-state index in [0.29, 0.717) is 0 Å². The number of hydrogen-bond donors (Lipinski definition) is 0. The van der Waals surface area contributed by atoms with Gasteiger partial charge in [-0.15, -0.1) is 0 Å². The molecule has 0 aliphatic carbocycles. The summed E-state index contributed by atoms with van der Waals surface area (Å²) in [6.07, 6.45) is 0. The van der Waals surface area contributed by atoms with Crippen LogP contribution in [0.1, 0.15) is 22.5 Å². The fourth-order valence-corrected chi connectivity index (χ4v) is 3.13. The van der Waals surface area contributed by atoms with E-state index in [4.69, 9.17) is 0 Å². The Morgan fingerprint density at radius 1 is 0.667 bits per heavy atom. The van der Waals surface area contributed by atoms with Crippen LogP contribution in [0.3, 0.4) is 0 Å². The number of nitrogens with zero attached hydrogens (tertiary/aromatic N) is 1. The van der Waals surface area contributed by atoms with Crippen molar-refractivity contribution >= 4 is 7.25 Å². The lowest BCUT2D eigenvalue weighted by Gasteiger charge is -2.09. The van der Waals surface area contributed by atoms with Gasteiger partial charge < -0.3 is 17.3 Å². The van der Waals surface area contributed by atoms with E-state index in [2.05, 4.69) is 92.9 Å². The van der Waals surface area contributed by atoms with Crippen LogP contribution in [0, 0.1) is 27.7 Å². The Bertz CT molecular complexity index is 892. The summed E-state index contributed by atoms with van der Waals surface area (Å²) >= 11 is 0. The lowest BCUT2D eigenvalue weighted by Crippen LogP contribution is -2.38. The minimum atomic E-state index is -6.00. The van der Waals surface area contributed by atoms with Crippen LogP contribution >= 0.6 is 0 Å². The summed E-state index contributed by atoms with van der Waals surface area (Å²) in [6.45, 7) is 8.68. The van der Waals surface area contributed by atoms with Gasteiger partial charge in [-0.3, -0.25) is 0 Å². The molecule has 0 atom stereocenters. The lowest BCUT2D eigenvalue weighted by molar-refractivity contribution is -0.609. The van der Waals surface area contributed by atoms with Crippen molar-refractivity contribution in [2.24, 2.45) is 0 Å². The van der Waals surface area contributed by atoms with E-state index in [-0.39, 0.29) is 0 Å². The van der Waals surface area contributed by atoms with Crippen molar-refractivity contribution in [1.29, 1.82) is 0 Å². The summed E-state index contributed by atoms with van der Waals surface area (Å²) < 4.78 is 41.3. The molecule has 0 saturated carbocycles. The van der Waals surface area contributed by atoms with Gasteiger partial charge >= 0.3 is 7.25 Å². The van der Waals surface area contributed by atoms with E-state index < -0.39 is 7.25 Å². The molecule has 0 spiro atoms. The summed E-state index contributed by atoms with van der Waals surface area (Å²) in [7, 11) is -6.00. The van der Waals surface area contributed by atoms with E-state index in [1.807, 2.05) is 0 Å². The molecular weight excluding hydrogens is 353 g/mol. The van der Waals surface area contributed by atoms with Crippen LogP contribution in [-0.2, 0) is 0 Å². The smallest absolute Gasteiger partial charge is 0.418 e. The van der Waals surface area contributed by atoms with Crippen molar-refractivity contribution < 1.29 is 21.8 Å². The normalized spacial score (nSPS) is 11.0. The van der Waals surface area contributed by atoms with Gasteiger partial charge in [-0.2, -0.15) is 4.57 Å². The average Bonchev–Trinajstić information content (AvgIpc) is 2.55. The van der Waals surface area contributed by atoms with E-state index in [0.717, 1.165) is 0 Å². The molecule has 27 heavy (non-hydrogen) atoms. The number of aryl methyl sites for hydroxylation is 4. The molecule has 142 valence electrons. The second-order valence-electron chi connectivity index (χ2n) is 6.51. The monoisotopic (exact) mass is 375 g/mol. The number of pyridine rings is 1. The van der Waals surface area contributed by atoms with Crippen molar-refractivity contribution in [1.82, 2.24) is 0 Å². The largest absolute Gasteiger partial charge is 0.673 e. The van der Waals surface area contributed by atoms with Crippen LogP contribution in [0.15, 0.2) is 60.7 Å². The molecule has 0 unspecified atom stereocenters. The van der Waals surface area contributed by atoms with Crippen LogP contribution < -0.4 is 4.57 Å². The molecule has 1 nitrogen and oxygen atoms in total. The molecule has 1 aromatic heterocycles. The molecule has 0 bridgehead atoms. The Morgan fingerprint density at radius 3 is 1.67 bits per heavy atom. The van der Waals surface area contributed by atoms with Gasteiger partial charge in [0.15, 0.2) is 11.4 Å². The third-order valence-electron chi connectivity index (χ3n) is 4.13. The second kappa shape index (κ2) is 8.38. The maximum atomic E-state index is 9.75. The van der Waals surface area contributed by atoms with Crippen molar-refractivity contribution in [3.8, 4) is 16.8 Å². The van der Waals surface area contributed by atoms with Crippen LogP contribution in [-0.4, -0.2) is 7.25 Å². The first-order valence-electron chi connectivity index (χ1n) is 8.60. The van der Waals surface area contributed by atoms with E-state index >= 15 is 0 Å². The van der Waals surface area contributed by atoms with Crippen molar-refractivity contribution in [2.75, 3.05) is 0 Å². The van der Waals surface area contributed by atoms with Crippen LogP contribution in [0.2, 0.25) is 0 Å². The zero-order chi connectivity index (χ0) is 20.2. The number of aromatic nitrogens is 1. The Labute approximate surface area is 157 Å². The molecule has 0 fully saturated rings. The zero-order valence-electron chi connectivity index (χ0n) is 15.8. The molecule has 0 aliphatic heterocycles. The zero-order valence-corrected chi connectivity index (χ0v) is 15.8. The average molecular weight is 375 g/mol. The van der Waals surface area contributed by atoms with Crippen LogP contribution in [0.4, 0.5) is 17.3 Å². The third kappa shape index (κ3) is 5.95. The Morgan fingerprint density at radius 2 is 1.19 bits per heavy atom. The molecule has 3 rings (SSSR count). The molecular formula is C21H22BF4N. The van der Waals surface area contributed by atoms with Gasteiger partial charge in [-0.25, -0.2) is 0 Å². The fraction of sp³-hybridized carbons (Fsp3) is 0.190. The molecule has 3 aromatic rings. The first-order valence-corrected chi connectivity index (χ1v) is 8.60. The lowest BCUT2D eigenvalue weighted by atomic mass is 10.0. The number of halogens is 4. The van der Waals surface area contributed by atoms with Gasteiger partial charge in [0.2, 0.25) is 5.69 Å². The second-order valence-corrected chi connectivity index (χ2v) is 6.51. The Hall–Kier alpha value is -2.63. The first kappa shape index (κ1) is 20.7. The number of benzene rings is 2. The summed E-state index contributed by atoms with van der Waals surface area (Å²) in [5, 5.41) is 0. The van der Waals surface area contributed by atoms with Crippen molar-refractivity contribution in [3.63, 3.8) is 0 Å². The van der Waals surface area contributed by atoms with E-state index in [9.17, 15) is 17.3 Å². The molecule has 0 N–H and O–H groups in total. The predicted molar refractivity (Wildman–Crippen MR) is 103 cm³/mol. The molecule has 1 heterocycles. The highest BCUT2D eigenvalue weighted by molar-refractivity contribution is 6.50. The molecule has 2 aromatic carbocycles. The standard InChI is InChI=1S/C21H22N.BF4/c1-15-10-11-21(16(2)12-15)22-17(3)13-20(14-18(22)4)19-8-6-5-7-9-19;2-1(3,4)5/h5-14H,1-4H3;/q+1;-1. The summed E-state index contributed by atoms with van der Waals surface area (Å²) in [4.78, 5) is 0. The molecule has 0 saturated heterocycles. The minimum Gasteiger partial charge on any atom is -0.418 e. The SMILES string of the molecule is Cc1ccc(-[n+]2c(C)cc(-c3ccccc3)cc2C)c(C)c1.F[B-](F)(F)F. The van der Waals surface area contributed by atoms with Gasteiger partial charge in [0, 0.05) is 37.6 Å².